The normalized spacial score (nSPS) is 12.3. The lowest BCUT2D eigenvalue weighted by Gasteiger charge is -2.07. The molecule has 1 aromatic carbocycles. The molecule has 0 radical (unpaired) electrons. The SMILES string of the molecule is NC(=O)c1c(N)ccc2c1C(=O)c1c-2n[nH]c1-c1ccco1. The summed E-state index contributed by atoms with van der Waals surface area (Å²) in [6, 6.07) is 6.63. The van der Waals surface area contributed by atoms with Gasteiger partial charge in [-0.25, -0.2) is 0 Å². The summed E-state index contributed by atoms with van der Waals surface area (Å²) in [6.07, 6.45) is 1.50. The first kappa shape index (κ1) is 12.4. The van der Waals surface area contributed by atoms with Crippen LogP contribution in [0.4, 0.5) is 5.69 Å². The van der Waals surface area contributed by atoms with Crippen molar-refractivity contribution in [1.29, 1.82) is 0 Å². The van der Waals surface area contributed by atoms with Crippen LogP contribution < -0.4 is 11.5 Å². The number of aromatic nitrogens is 2. The Bertz CT molecular complexity index is 938. The molecule has 0 bridgehead atoms. The molecule has 0 spiro atoms. The van der Waals surface area contributed by atoms with Gasteiger partial charge in [0, 0.05) is 16.8 Å². The Morgan fingerprint density at radius 1 is 1.23 bits per heavy atom. The Morgan fingerprint density at radius 3 is 2.73 bits per heavy atom. The van der Waals surface area contributed by atoms with Crippen molar-refractivity contribution in [2.45, 2.75) is 0 Å². The summed E-state index contributed by atoms with van der Waals surface area (Å²) in [7, 11) is 0. The smallest absolute Gasteiger partial charge is 0.251 e. The van der Waals surface area contributed by atoms with Gasteiger partial charge in [0.1, 0.15) is 11.4 Å². The first-order valence-corrected chi connectivity index (χ1v) is 6.49. The number of H-pyrrole nitrogens is 1. The maximum absolute atomic E-state index is 12.8. The molecular formula is C15H10N4O3. The Balaban J connectivity index is 2.01. The molecule has 7 nitrogen and oxygen atoms in total. The number of furan rings is 1. The zero-order valence-corrected chi connectivity index (χ0v) is 11.2. The minimum Gasteiger partial charge on any atom is -0.463 e. The molecular weight excluding hydrogens is 284 g/mol. The van der Waals surface area contributed by atoms with E-state index in [0.29, 0.717) is 28.3 Å². The van der Waals surface area contributed by atoms with Gasteiger partial charge in [-0.15, -0.1) is 0 Å². The molecule has 2 aromatic heterocycles. The minimum atomic E-state index is -0.739. The third-order valence-electron chi connectivity index (χ3n) is 3.73. The number of fused-ring (bicyclic) bond motifs is 3. The summed E-state index contributed by atoms with van der Waals surface area (Å²) < 4.78 is 5.31. The Morgan fingerprint density at radius 2 is 2.05 bits per heavy atom. The first-order valence-electron chi connectivity index (χ1n) is 6.49. The molecule has 2 heterocycles. The summed E-state index contributed by atoms with van der Waals surface area (Å²) in [5.41, 5.74) is 13.4. The lowest BCUT2D eigenvalue weighted by molar-refractivity contribution is 0.0983. The zero-order valence-electron chi connectivity index (χ0n) is 11.2. The van der Waals surface area contributed by atoms with Crippen LogP contribution in [0, 0.1) is 0 Å². The van der Waals surface area contributed by atoms with E-state index in [-0.39, 0.29) is 22.6 Å². The molecule has 4 rings (SSSR count). The second kappa shape index (κ2) is 4.08. The summed E-state index contributed by atoms with van der Waals surface area (Å²) in [6.45, 7) is 0. The number of benzene rings is 1. The number of nitrogen functional groups attached to an aromatic ring is 1. The second-order valence-corrected chi connectivity index (χ2v) is 4.95. The highest BCUT2D eigenvalue weighted by Gasteiger charge is 2.37. The minimum absolute atomic E-state index is 0.0332. The molecule has 22 heavy (non-hydrogen) atoms. The fraction of sp³-hybridized carbons (Fsp3) is 0. The average Bonchev–Trinajstić information content (AvgIpc) is 3.17. The maximum atomic E-state index is 12.8. The molecule has 5 N–H and O–H groups in total. The van der Waals surface area contributed by atoms with E-state index in [1.807, 2.05) is 0 Å². The number of aromatic amines is 1. The Hall–Kier alpha value is -3.35. The number of nitrogens with two attached hydrogens (primary N) is 2. The van der Waals surface area contributed by atoms with Crippen molar-refractivity contribution in [2.75, 3.05) is 5.73 Å². The quantitative estimate of drug-likeness (QED) is 0.483. The third kappa shape index (κ3) is 1.42. The van der Waals surface area contributed by atoms with Gasteiger partial charge < -0.3 is 15.9 Å². The van der Waals surface area contributed by atoms with Crippen LogP contribution in [0.2, 0.25) is 0 Å². The van der Waals surface area contributed by atoms with Crippen LogP contribution >= 0.6 is 0 Å². The van der Waals surface area contributed by atoms with Crippen LogP contribution in [0.25, 0.3) is 22.7 Å². The number of rotatable bonds is 2. The molecule has 0 fully saturated rings. The van der Waals surface area contributed by atoms with Crippen LogP contribution in [0.1, 0.15) is 26.3 Å². The predicted octanol–water partition coefficient (Wildman–Crippen LogP) is 1.56. The van der Waals surface area contributed by atoms with Crippen LogP contribution in [0.15, 0.2) is 34.9 Å². The van der Waals surface area contributed by atoms with Crippen molar-refractivity contribution in [3.05, 3.63) is 47.2 Å². The molecule has 0 saturated carbocycles. The van der Waals surface area contributed by atoms with Crippen LogP contribution in [-0.4, -0.2) is 21.9 Å². The molecule has 7 heteroatoms. The third-order valence-corrected chi connectivity index (χ3v) is 3.73. The topological polar surface area (TPSA) is 128 Å². The van der Waals surface area contributed by atoms with E-state index in [1.54, 1.807) is 24.3 Å². The standard InChI is InChI=1S/C15H10N4O3/c16-7-4-3-6-9(10(7)15(17)21)14(20)11-12(6)18-19-13(11)8-2-1-5-22-8/h1-5H,16H2,(H2,17,21)(H,18,19). The van der Waals surface area contributed by atoms with Crippen LogP contribution in [-0.2, 0) is 0 Å². The number of hydrogen-bond acceptors (Lipinski definition) is 5. The fourth-order valence-corrected chi connectivity index (χ4v) is 2.80. The van der Waals surface area contributed by atoms with Crippen molar-refractivity contribution < 1.29 is 14.0 Å². The molecule has 0 aliphatic heterocycles. The van der Waals surface area contributed by atoms with Gasteiger partial charge >= 0.3 is 0 Å². The number of amides is 1. The highest BCUT2D eigenvalue weighted by atomic mass is 16.3. The van der Waals surface area contributed by atoms with Gasteiger partial charge in [-0.3, -0.25) is 14.7 Å². The fourth-order valence-electron chi connectivity index (χ4n) is 2.80. The zero-order chi connectivity index (χ0) is 15.4. The number of hydrogen-bond donors (Lipinski definition) is 3. The predicted molar refractivity (Wildman–Crippen MR) is 78.1 cm³/mol. The molecule has 0 unspecified atom stereocenters. The number of anilines is 1. The molecule has 0 saturated heterocycles. The van der Waals surface area contributed by atoms with Gasteiger partial charge in [-0.2, -0.15) is 5.10 Å². The Labute approximate surface area is 123 Å². The van der Waals surface area contributed by atoms with E-state index < -0.39 is 5.91 Å². The lowest BCUT2D eigenvalue weighted by atomic mass is 9.99. The molecule has 0 atom stereocenters. The molecule has 108 valence electrons. The first-order chi connectivity index (χ1) is 10.6. The molecule has 1 amide bonds. The van der Waals surface area contributed by atoms with E-state index in [1.165, 1.54) is 6.26 Å². The van der Waals surface area contributed by atoms with Crippen molar-refractivity contribution in [2.24, 2.45) is 5.73 Å². The second-order valence-electron chi connectivity index (χ2n) is 4.95. The van der Waals surface area contributed by atoms with Gasteiger partial charge in [-0.05, 0) is 24.3 Å². The summed E-state index contributed by atoms with van der Waals surface area (Å²) in [5.74, 6) is -0.592. The average molecular weight is 294 g/mol. The van der Waals surface area contributed by atoms with E-state index >= 15 is 0 Å². The number of carbonyl (C=O) groups is 2. The van der Waals surface area contributed by atoms with Crippen molar-refractivity contribution >= 4 is 17.4 Å². The monoisotopic (exact) mass is 294 g/mol. The van der Waals surface area contributed by atoms with Gasteiger partial charge in [-0.1, -0.05) is 0 Å². The summed E-state index contributed by atoms with van der Waals surface area (Å²) >= 11 is 0. The van der Waals surface area contributed by atoms with Gasteiger partial charge in [0.25, 0.3) is 5.91 Å². The van der Waals surface area contributed by atoms with Crippen molar-refractivity contribution in [1.82, 2.24) is 10.2 Å². The number of nitrogens with zero attached hydrogens (tertiary/aromatic N) is 1. The molecule has 1 aliphatic rings. The van der Waals surface area contributed by atoms with Crippen LogP contribution in [0.3, 0.4) is 0 Å². The van der Waals surface area contributed by atoms with Gasteiger partial charge in [0.05, 0.1) is 17.4 Å². The Kier molecular flexibility index (Phi) is 2.30. The highest BCUT2D eigenvalue weighted by molar-refractivity contribution is 6.28. The largest absolute Gasteiger partial charge is 0.463 e. The number of nitrogens with one attached hydrogen (secondary N) is 1. The number of carbonyl (C=O) groups excluding carboxylic acids is 2. The maximum Gasteiger partial charge on any atom is 0.251 e. The van der Waals surface area contributed by atoms with Crippen molar-refractivity contribution in [3.63, 3.8) is 0 Å². The van der Waals surface area contributed by atoms with Gasteiger partial charge in [0.2, 0.25) is 0 Å². The van der Waals surface area contributed by atoms with E-state index in [9.17, 15) is 9.59 Å². The molecule has 3 aromatic rings. The van der Waals surface area contributed by atoms with E-state index in [0.717, 1.165) is 0 Å². The summed E-state index contributed by atoms with van der Waals surface area (Å²) in [4.78, 5) is 24.4. The number of primary amides is 1. The van der Waals surface area contributed by atoms with E-state index in [2.05, 4.69) is 10.2 Å². The van der Waals surface area contributed by atoms with Gasteiger partial charge in [0.15, 0.2) is 11.5 Å². The summed E-state index contributed by atoms with van der Waals surface area (Å²) in [5, 5.41) is 6.98. The van der Waals surface area contributed by atoms with Crippen molar-refractivity contribution in [3.8, 4) is 22.7 Å². The van der Waals surface area contributed by atoms with E-state index in [4.69, 9.17) is 15.9 Å². The van der Waals surface area contributed by atoms with Crippen LogP contribution in [0.5, 0.6) is 0 Å². The molecule has 1 aliphatic carbocycles. The highest BCUT2D eigenvalue weighted by Crippen LogP contribution is 2.42. The lowest BCUT2D eigenvalue weighted by Crippen LogP contribution is -2.18. The number of ketones is 1.